The molecule has 4 aromatic rings. The molecule has 0 amide bonds. The molecule has 0 aliphatic heterocycles. The van der Waals surface area contributed by atoms with Crippen molar-refractivity contribution in [3.05, 3.63) is 138 Å². The van der Waals surface area contributed by atoms with Gasteiger partial charge in [-0.1, -0.05) is 0 Å². The summed E-state index contributed by atoms with van der Waals surface area (Å²) < 4.78 is 0. The number of benzene rings is 4. The molecular weight excluding hydrogens is 435 g/mol. The molecule has 0 heterocycles. The van der Waals surface area contributed by atoms with Gasteiger partial charge in [-0.2, -0.15) is 0 Å². The summed E-state index contributed by atoms with van der Waals surface area (Å²) in [5.74, 6) is 0. The van der Waals surface area contributed by atoms with E-state index in [9.17, 15) is 0 Å². The average molecular weight is 461 g/mol. The second-order valence-electron chi connectivity index (χ2n) is 7.85. The van der Waals surface area contributed by atoms with Crippen LogP contribution in [0.2, 0.25) is 0 Å². The van der Waals surface area contributed by atoms with Gasteiger partial charge < -0.3 is 0 Å². The van der Waals surface area contributed by atoms with Crippen LogP contribution in [0.5, 0.6) is 0 Å². The second kappa shape index (κ2) is 8.66. The first kappa shape index (κ1) is 20.1. The molecule has 0 spiro atoms. The molecule has 146 valence electrons. The van der Waals surface area contributed by atoms with Gasteiger partial charge in [0, 0.05) is 0 Å². The van der Waals surface area contributed by atoms with E-state index in [1.807, 2.05) is 0 Å². The van der Waals surface area contributed by atoms with E-state index in [0.29, 0.717) is 0 Å². The first-order valence-corrected chi connectivity index (χ1v) is 14.9. The zero-order valence-corrected chi connectivity index (χ0v) is 19.0. The molecule has 0 bridgehead atoms. The summed E-state index contributed by atoms with van der Waals surface area (Å²) in [6, 6.07) is 43.9. The van der Waals surface area contributed by atoms with Crippen molar-refractivity contribution in [2.24, 2.45) is 0 Å². The van der Waals surface area contributed by atoms with Crippen molar-refractivity contribution >= 4 is 26.1 Å². The Kier molecular flexibility index (Phi) is 5.99. The van der Waals surface area contributed by atoms with Crippen molar-refractivity contribution in [1.29, 1.82) is 0 Å². The normalized spacial score (nSPS) is 12.8. The van der Waals surface area contributed by atoms with E-state index >= 15 is 0 Å². The van der Waals surface area contributed by atoms with Crippen LogP contribution < -0.4 is 5.30 Å². The van der Waals surface area contributed by atoms with Gasteiger partial charge in [-0.05, 0) is 0 Å². The molecule has 0 aliphatic carbocycles. The number of hydrogen-bond donors (Lipinski definition) is 0. The van der Waals surface area contributed by atoms with Crippen molar-refractivity contribution in [2.75, 3.05) is 0 Å². The molecule has 0 radical (unpaired) electrons. The Morgan fingerprint density at radius 3 is 1.00 bits per heavy atom. The Morgan fingerprint density at radius 1 is 0.414 bits per heavy atom. The van der Waals surface area contributed by atoms with Crippen LogP contribution in [0.15, 0.2) is 121 Å². The summed E-state index contributed by atoms with van der Waals surface area (Å²) in [5.41, 5.74) is 4.16. The van der Waals surface area contributed by atoms with Crippen LogP contribution in [0.1, 0.15) is 16.7 Å². The topological polar surface area (TPSA) is 0 Å². The third-order valence-electron chi connectivity index (χ3n) is 5.56. The Labute approximate surface area is 182 Å². The minimum atomic E-state index is -2.59. The maximum atomic E-state index is 4.54. The fourth-order valence-corrected chi connectivity index (χ4v) is 12.5. The van der Waals surface area contributed by atoms with Gasteiger partial charge in [0.15, 0.2) is 0 Å². The summed E-state index contributed by atoms with van der Waals surface area (Å²) in [4.78, 5) is 0. The summed E-state index contributed by atoms with van der Waals surface area (Å²) in [5, 5.41) is -1.15. The Hall–Kier alpha value is -2.21. The Bertz CT molecular complexity index is 927. The first-order chi connectivity index (χ1) is 14.1. The van der Waals surface area contributed by atoms with Crippen molar-refractivity contribution in [2.45, 2.75) is 18.5 Å². The molecule has 4 rings (SSSR count). The minimum absolute atomic E-state index is 1.03. The van der Waals surface area contributed by atoms with Crippen molar-refractivity contribution in [3.8, 4) is 0 Å². The molecule has 0 atom stereocenters. The number of hydrogen-bond acceptors (Lipinski definition) is 0. The molecule has 0 fully saturated rings. The standard InChI is InChI=1S/C27H26BrP/c28-29(27-19-11-4-12-20-27,21-24-13-5-1-6-14-24,22-25-15-7-2-8-16-25)23-26-17-9-3-10-18-26/h1-20H,21-23H2. The predicted molar refractivity (Wildman–Crippen MR) is 132 cm³/mol. The van der Waals surface area contributed by atoms with Gasteiger partial charge in [0.25, 0.3) is 0 Å². The van der Waals surface area contributed by atoms with E-state index in [1.54, 1.807) is 0 Å². The van der Waals surface area contributed by atoms with Crippen LogP contribution in [-0.4, -0.2) is 0 Å². The summed E-state index contributed by atoms with van der Waals surface area (Å²) >= 11 is 4.54. The molecule has 0 nitrogen and oxygen atoms in total. The van der Waals surface area contributed by atoms with Crippen LogP contribution in [-0.2, 0) is 18.5 Å². The first-order valence-electron chi connectivity index (χ1n) is 10.0. The number of rotatable bonds is 7. The van der Waals surface area contributed by atoms with Crippen LogP contribution in [0.25, 0.3) is 0 Å². The monoisotopic (exact) mass is 460 g/mol. The van der Waals surface area contributed by atoms with E-state index in [0.717, 1.165) is 18.5 Å². The number of halogens is 1. The zero-order valence-electron chi connectivity index (χ0n) is 16.5. The van der Waals surface area contributed by atoms with Gasteiger partial charge in [0.2, 0.25) is 0 Å². The van der Waals surface area contributed by atoms with Gasteiger partial charge in [0.1, 0.15) is 0 Å². The SMILES string of the molecule is BrP(Cc1ccccc1)(Cc1ccccc1)(Cc1ccccc1)c1ccccc1. The third kappa shape index (κ3) is 4.69. The molecule has 2 heteroatoms. The van der Waals surface area contributed by atoms with Gasteiger partial charge in [-0.25, -0.2) is 0 Å². The quantitative estimate of drug-likeness (QED) is 0.247. The summed E-state index contributed by atoms with van der Waals surface area (Å²) in [6.07, 6.45) is 3.08. The molecule has 0 aliphatic rings. The van der Waals surface area contributed by atoms with E-state index < -0.39 is 5.31 Å². The molecule has 0 aromatic heterocycles. The van der Waals surface area contributed by atoms with Crippen LogP contribution in [0, 0.1) is 0 Å². The average Bonchev–Trinajstić information content (AvgIpc) is 2.76. The van der Waals surface area contributed by atoms with Gasteiger partial charge in [0.05, 0.1) is 0 Å². The summed E-state index contributed by atoms with van der Waals surface area (Å²) in [7, 11) is 0. The molecule has 0 saturated heterocycles. The third-order valence-corrected chi connectivity index (χ3v) is 13.9. The zero-order chi connectivity index (χ0) is 20.0. The van der Waals surface area contributed by atoms with Crippen molar-refractivity contribution in [3.63, 3.8) is 0 Å². The fraction of sp³-hybridized carbons (Fsp3) is 0.111. The van der Waals surface area contributed by atoms with Crippen LogP contribution >= 0.6 is 20.8 Å². The molecule has 0 saturated carbocycles. The van der Waals surface area contributed by atoms with Crippen LogP contribution in [0.4, 0.5) is 0 Å². The van der Waals surface area contributed by atoms with Gasteiger partial charge in [-0.15, -0.1) is 0 Å². The second-order valence-corrected chi connectivity index (χ2v) is 18.1. The van der Waals surface area contributed by atoms with Crippen molar-refractivity contribution in [1.82, 2.24) is 0 Å². The maximum absolute atomic E-state index is 4.54. The van der Waals surface area contributed by atoms with E-state index in [4.69, 9.17) is 0 Å². The van der Waals surface area contributed by atoms with E-state index in [1.165, 1.54) is 22.0 Å². The molecule has 29 heavy (non-hydrogen) atoms. The molecule has 4 aromatic carbocycles. The Balaban J connectivity index is 1.90. The molecular formula is C27H26BrP. The summed E-state index contributed by atoms with van der Waals surface area (Å²) in [6.45, 7) is 0. The van der Waals surface area contributed by atoms with E-state index in [-0.39, 0.29) is 0 Å². The van der Waals surface area contributed by atoms with Crippen LogP contribution in [0.3, 0.4) is 0 Å². The molecule has 0 unspecified atom stereocenters. The van der Waals surface area contributed by atoms with Gasteiger partial charge in [-0.3, -0.25) is 0 Å². The predicted octanol–water partition coefficient (Wildman–Crippen LogP) is 7.78. The molecule has 0 N–H and O–H groups in total. The van der Waals surface area contributed by atoms with Crippen molar-refractivity contribution < 1.29 is 0 Å². The Morgan fingerprint density at radius 2 is 0.690 bits per heavy atom. The fourth-order valence-electron chi connectivity index (χ4n) is 4.25. The van der Waals surface area contributed by atoms with E-state index in [2.05, 4.69) is 137 Å². The van der Waals surface area contributed by atoms with Gasteiger partial charge >= 0.3 is 183 Å².